The number of hydrogen-bond donors (Lipinski definition) is 1. The molecule has 8 heteroatoms. The van der Waals surface area contributed by atoms with Gasteiger partial charge in [0, 0.05) is 51.6 Å². The average Bonchev–Trinajstić information content (AvgIpc) is 2.55. The molecule has 0 aromatic heterocycles. The number of nitrogens with one attached hydrogen (secondary N) is 1. The summed E-state index contributed by atoms with van der Waals surface area (Å²) in [6, 6.07) is 0. The van der Waals surface area contributed by atoms with E-state index in [1.165, 1.54) is 19.4 Å². The fraction of sp³-hybridized carbons (Fsp3) is 0.571. The Kier molecular flexibility index (Phi) is 5.65. The largest absolute Gasteiger partial charge is 0.453 e. The third kappa shape index (κ3) is 4.39. The molecule has 2 aliphatic rings. The minimum atomic E-state index is -0.478. The van der Waals surface area contributed by atoms with Gasteiger partial charge in [0.05, 0.1) is 13.0 Å². The zero-order valence-corrected chi connectivity index (χ0v) is 12.5. The second kappa shape index (κ2) is 7.69. The molecule has 120 valence electrons. The van der Waals surface area contributed by atoms with Crippen LogP contribution >= 0.6 is 0 Å². The van der Waals surface area contributed by atoms with Gasteiger partial charge >= 0.3 is 6.09 Å². The Morgan fingerprint density at radius 2 is 2.09 bits per heavy atom. The fourth-order valence-electron chi connectivity index (χ4n) is 2.33. The van der Waals surface area contributed by atoms with Crippen LogP contribution in [0.15, 0.2) is 17.1 Å². The van der Waals surface area contributed by atoms with Crippen LogP contribution in [0.3, 0.4) is 0 Å². The van der Waals surface area contributed by atoms with E-state index >= 15 is 0 Å². The van der Waals surface area contributed by atoms with Crippen LogP contribution in [0.4, 0.5) is 4.79 Å². The molecule has 0 bridgehead atoms. The van der Waals surface area contributed by atoms with E-state index in [-0.39, 0.29) is 17.9 Å². The number of carbonyl (C=O) groups excluding carboxylic acids is 3. The Morgan fingerprint density at radius 3 is 2.68 bits per heavy atom. The molecule has 0 aliphatic carbocycles. The van der Waals surface area contributed by atoms with E-state index in [9.17, 15) is 14.4 Å². The molecule has 0 saturated carbocycles. The predicted molar refractivity (Wildman–Crippen MR) is 79.6 cm³/mol. The quantitative estimate of drug-likeness (QED) is 0.739. The Balaban J connectivity index is 1.64. The summed E-state index contributed by atoms with van der Waals surface area (Å²) in [7, 11) is 1.38. The van der Waals surface area contributed by atoms with Crippen LogP contribution in [0.1, 0.15) is 0 Å². The van der Waals surface area contributed by atoms with Gasteiger partial charge in [-0.15, -0.1) is 0 Å². The van der Waals surface area contributed by atoms with Crippen LogP contribution < -0.4 is 5.32 Å². The van der Waals surface area contributed by atoms with Crippen LogP contribution in [0.5, 0.6) is 0 Å². The zero-order chi connectivity index (χ0) is 15.9. The first kappa shape index (κ1) is 16.2. The van der Waals surface area contributed by atoms with Gasteiger partial charge in [0.1, 0.15) is 0 Å². The molecule has 0 spiro atoms. The van der Waals surface area contributed by atoms with E-state index in [1.54, 1.807) is 11.0 Å². The van der Waals surface area contributed by atoms with Crippen molar-refractivity contribution in [3.8, 4) is 0 Å². The van der Waals surface area contributed by atoms with E-state index in [2.05, 4.69) is 19.9 Å². The van der Waals surface area contributed by atoms with E-state index in [0.717, 1.165) is 13.1 Å². The maximum atomic E-state index is 11.9. The average molecular weight is 308 g/mol. The van der Waals surface area contributed by atoms with Gasteiger partial charge in [0.2, 0.25) is 5.91 Å². The summed E-state index contributed by atoms with van der Waals surface area (Å²) in [5, 5.41) is 2.82. The molecule has 1 saturated heterocycles. The Hall–Kier alpha value is -2.22. The molecule has 1 atom stereocenters. The predicted octanol–water partition coefficient (Wildman–Crippen LogP) is -0.730. The van der Waals surface area contributed by atoms with Crippen molar-refractivity contribution in [3.05, 3.63) is 12.2 Å². The van der Waals surface area contributed by atoms with Crippen molar-refractivity contribution < 1.29 is 19.1 Å². The number of methoxy groups -OCH3 is 1. The maximum absolute atomic E-state index is 11.9. The molecule has 1 N–H and O–H groups in total. The maximum Gasteiger partial charge on any atom is 0.409 e. The van der Waals surface area contributed by atoms with Crippen LogP contribution in [0.2, 0.25) is 0 Å². The van der Waals surface area contributed by atoms with E-state index in [1.807, 2.05) is 0 Å². The summed E-state index contributed by atoms with van der Waals surface area (Å²) in [5.41, 5.74) is 0. The molecule has 0 radical (unpaired) electrons. The highest BCUT2D eigenvalue weighted by Gasteiger charge is 2.21. The number of dihydropyridines is 1. The van der Waals surface area contributed by atoms with Gasteiger partial charge in [0.15, 0.2) is 0 Å². The van der Waals surface area contributed by atoms with Gasteiger partial charge in [-0.3, -0.25) is 14.5 Å². The number of ether oxygens (including phenoxy) is 1. The molecule has 8 nitrogen and oxygen atoms in total. The van der Waals surface area contributed by atoms with Gasteiger partial charge in [0.25, 0.3) is 5.91 Å². The summed E-state index contributed by atoms with van der Waals surface area (Å²) >= 11 is 0. The SMILES string of the molecule is COC(=O)N1CCN(CCNC(=O)C2C=CC(=O)N=C2)CC1. The summed E-state index contributed by atoms with van der Waals surface area (Å²) in [4.78, 5) is 41.6. The smallest absolute Gasteiger partial charge is 0.409 e. The highest BCUT2D eigenvalue weighted by atomic mass is 16.5. The summed E-state index contributed by atoms with van der Waals surface area (Å²) in [6.45, 7) is 3.99. The third-order valence-corrected chi connectivity index (χ3v) is 3.64. The lowest BCUT2D eigenvalue weighted by Crippen LogP contribution is -2.50. The van der Waals surface area contributed by atoms with Crippen LogP contribution in [-0.2, 0) is 14.3 Å². The van der Waals surface area contributed by atoms with Crippen molar-refractivity contribution in [2.75, 3.05) is 46.4 Å². The number of carbonyl (C=O) groups is 3. The monoisotopic (exact) mass is 308 g/mol. The summed E-state index contributed by atoms with van der Waals surface area (Å²) < 4.78 is 4.68. The van der Waals surface area contributed by atoms with Crippen LogP contribution in [0.25, 0.3) is 0 Å². The van der Waals surface area contributed by atoms with Crippen LogP contribution in [0, 0.1) is 5.92 Å². The number of nitrogens with zero attached hydrogens (tertiary/aromatic N) is 3. The Bertz CT molecular complexity index is 479. The standard InChI is InChI=1S/C14H20N4O4/c1-22-14(21)18-8-6-17(7-9-18)5-4-15-13(20)11-2-3-12(19)16-10-11/h2-3,10-11H,4-9H2,1H3,(H,15,20). The Morgan fingerprint density at radius 1 is 1.36 bits per heavy atom. The van der Waals surface area contributed by atoms with Gasteiger partial charge in [-0.2, -0.15) is 0 Å². The molecular formula is C14H20N4O4. The molecule has 2 aliphatic heterocycles. The summed E-state index contributed by atoms with van der Waals surface area (Å²) in [6.07, 6.45) is 3.90. The second-order valence-corrected chi connectivity index (χ2v) is 5.09. The number of aliphatic imine (C=N–C) groups is 1. The van der Waals surface area contributed by atoms with Gasteiger partial charge in [-0.1, -0.05) is 6.08 Å². The summed E-state index contributed by atoms with van der Waals surface area (Å²) in [5.74, 6) is -0.984. The molecule has 1 unspecified atom stereocenters. The lowest BCUT2D eigenvalue weighted by Gasteiger charge is -2.33. The second-order valence-electron chi connectivity index (χ2n) is 5.09. The van der Waals surface area contributed by atoms with E-state index in [4.69, 9.17) is 0 Å². The lowest BCUT2D eigenvalue weighted by atomic mass is 10.1. The van der Waals surface area contributed by atoms with Crippen molar-refractivity contribution in [2.24, 2.45) is 10.9 Å². The number of piperazine rings is 1. The van der Waals surface area contributed by atoms with Crippen molar-refractivity contribution >= 4 is 24.1 Å². The molecule has 2 rings (SSSR count). The molecule has 3 amide bonds. The van der Waals surface area contributed by atoms with Crippen LogP contribution in [-0.4, -0.2) is 80.3 Å². The number of amides is 3. The molecule has 0 aromatic rings. The van der Waals surface area contributed by atoms with Crippen molar-refractivity contribution in [1.29, 1.82) is 0 Å². The van der Waals surface area contributed by atoms with Gasteiger partial charge in [-0.25, -0.2) is 9.79 Å². The van der Waals surface area contributed by atoms with Gasteiger partial charge in [-0.05, 0) is 0 Å². The third-order valence-electron chi connectivity index (χ3n) is 3.64. The van der Waals surface area contributed by atoms with Crippen molar-refractivity contribution in [2.45, 2.75) is 0 Å². The molecule has 0 aromatic carbocycles. The topological polar surface area (TPSA) is 91.3 Å². The van der Waals surface area contributed by atoms with Crippen molar-refractivity contribution in [3.63, 3.8) is 0 Å². The highest BCUT2D eigenvalue weighted by Crippen LogP contribution is 2.04. The first-order chi connectivity index (χ1) is 10.6. The number of rotatable bonds is 4. The minimum absolute atomic E-state index is 0.166. The minimum Gasteiger partial charge on any atom is -0.453 e. The lowest BCUT2D eigenvalue weighted by molar-refractivity contribution is -0.121. The van der Waals surface area contributed by atoms with Crippen molar-refractivity contribution in [1.82, 2.24) is 15.1 Å². The molecule has 2 heterocycles. The normalized spacial score (nSPS) is 21.8. The molecule has 1 fully saturated rings. The van der Waals surface area contributed by atoms with E-state index < -0.39 is 5.92 Å². The highest BCUT2D eigenvalue weighted by molar-refractivity contribution is 6.05. The zero-order valence-electron chi connectivity index (χ0n) is 12.5. The molecular weight excluding hydrogens is 288 g/mol. The first-order valence-electron chi connectivity index (χ1n) is 7.19. The van der Waals surface area contributed by atoms with Gasteiger partial charge < -0.3 is 15.0 Å². The van der Waals surface area contributed by atoms with E-state index in [0.29, 0.717) is 26.2 Å². The first-order valence-corrected chi connectivity index (χ1v) is 7.19. The number of hydrogen-bond acceptors (Lipinski definition) is 5. The molecule has 22 heavy (non-hydrogen) atoms. The fourth-order valence-corrected chi connectivity index (χ4v) is 2.33. The Labute approximate surface area is 128 Å².